The van der Waals surface area contributed by atoms with E-state index in [1.807, 2.05) is 54.6 Å². The number of rotatable bonds is 6. The van der Waals surface area contributed by atoms with Crippen molar-refractivity contribution in [3.63, 3.8) is 0 Å². The molecule has 7 aromatic carbocycles. The van der Waals surface area contributed by atoms with Gasteiger partial charge in [0.25, 0.3) is 0 Å². The molecule has 0 aliphatic carbocycles. The van der Waals surface area contributed by atoms with Gasteiger partial charge in [0, 0.05) is 32.7 Å². The van der Waals surface area contributed by atoms with E-state index in [1.54, 1.807) is 0 Å². The predicted octanol–water partition coefficient (Wildman–Crippen LogP) is 10.5. The van der Waals surface area contributed by atoms with Crippen molar-refractivity contribution in [3.05, 3.63) is 168 Å². The first-order valence-electron chi connectivity index (χ1n) is 16.2. The maximum atomic E-state index is 7.27. The van der Waals surface area contributed by atoms with Crippen LogP contribution in [0.2, 0.25) is 0 Å². The van der Waals surface area contributed by atoms with Gasteiger partial charge in [0.15, 0.2) is 0 Å². The summed E-state index contributed by atoms with van der Waals surface area (Å²) in [5, 5.41) is 10.1. The minimum absolute atomic E-state index is 0.446. The molecule has 2 heterocycles. The van der Waals surface area contributed by atoms with Gasteiger partial charge in [-0.05, 0) is 57.8 Å². The predicted molar refractivity (Wildman–Crippen MR) is 197 cm³/mol. The summed E-state index contributed by atoms with van der Waals surface area (Å²) in [6.45, 7) is 0.446. The topological polar surface area (TPSA) is 76.7 Å². The molecule has 0 radical (unpaired) electrons. The highest BCUT2D eigenvalue weighted by Gasteiger charge is 2.23. The second kappa shape index (κ2) is 11.6. The van der Waals surface area contributed by atoms with Crippen LogP contribution in [0.3, 0.4) is 0 Å². The van der Waals surface area contributed by atoms with E-state index in [2.05, 4.69) is 102 Å². The van der Waals surface area contributed by atoms with E-state index in [1.165, 1.54) is 0 Å². The highest BCUT2D eigenvalue weighted by Crippen LogP contribution is 2.40. The molecule has 1 unspecified atom stereocenters. The normalized spacial score (nSPS) is 12.8. The molecule has 3 N–H and O–H groups in total. The van der Waals surface area contributed by atoms with Crippen molar-refractivity contribution < 1.29 is 8.83 Å². The Morgan fingerprint density at radius 1 is 0.583 bits per heavy atom. The molecule has 5 nitrogen and oxygen atoms in total. The summed E-state index contributed by atoms with van der Waals surface area (Å²) in [5.41, 5.74) is 15.7. The quantitative estimate of drug-likeness (QED) is 0.110. The monoisotopic (exact) mass is 621 g/mol. The molecular formula is C43H31N3O2. The number of furan rings is 2. The summed E-state index contributed by atoms with van der Waals surface area (Å²) in [5.74, 6) is 0.710. The number of nitrogens with zero attached hydrogens (tertiary/aromatic N) is 1. The van der Waals surface area contributed by atoms with Crippen molar-refractivity contribution in [3.8, 4) is 11.1 Å². The fourth-order valence-corrected chi connectivity index (χ4v) is 6.95. The Morgan fingerprint density at radius 3 is 2.08 bits per heavy atom. The lowest BCUT2D eigenvalue weighted by molar-refractivity contribution is 0.664. The maximum Gasteiger partial charge on any atom is 0.136 e. The smallest absolute Gasteiger partial charge is 0.136 e. The van der Waals surface area contributed by atoms with E-state index in [0.717, 1.165) is 82.5 Å². The molecule has 0 aliphatic rings. The van der Waals surface area contributed by atoms with Gasteiger partial charge in [0.05, 0.1) is 6.54 Å². The molecule has 0 saturated carbocycles. The Bertz CT molecular complexity index is 2640. The number of benzene rings is 7. The van der Waals surface area contributed by atoms with Crippen LogP contribution in [-0.4, -0.2) is 5.84 Å². The van der Waals surface area contributed by atoms with Crippen LogP contribution in [-0.2, 0) is 6.54 Å². The molecule has 1 atom stereocenters. The van der Waals surface area contributed by atoms with Gasteiger partial charge in [-0.25, -0.2) is 0 Å². The maximum absolute atomic E-state index is 7.27. The first-order chi connectivity index (χ1) is 23.7. The second-order valence-corrected chi connectivity index (χ2v) is 12.1. The molecule has 9 rings (SSSR count). The average Bonchev–Trinajstić information content (AvgIpc) is 3.71. The zero-order valence-corrected chi connectivity index (χ0v) is 26.1. The molecule has 0 spiro atoms. The second-order valence-electron chi connectivity index (χ2n) is 12.1. The van der Waals surface area contributed by atoms with Gasteiger partial charge in [-0.3, -0.25) is 4.99 Å². The van der Waals surface area contributed by atoms with E-state index >= 15 is 0 Å². The third-order valence-electron chi connectivity index (χ3n) is 9.18. The molecule has 0 fully saturated rings. The third-order valence-corrected chi connectivity index (χ3v) is 9.18. The largest absolute Gasteiger partial charge is 0.456 e. The zero-order valence-electron chi connectivity index (χ0n) is 26.1. The van der Waals surface area contributed by atoms with E-state index in [9.17, 15) is 0 Å². The van der Waals surface area contributed by atoms with Crippen molar-refractivity contribution in [1.82, 2.24) is 5.32 Å². The molecule has 0 saturated heterocycles. The van der Waals surface area contributed by atoms with E-state index < -0.39 is 6.17 Å². The van der Waals surface area contributed by atoms with Gasteiger partial charge in [0.1, 0.15) is 34.3 Å². The first kappa shape index (κ1) is 28.1. The van der Waals surface area contributed by atoms with E-state index in [-0.39, 0.29) is 0 Å². The molecule has 230 valence electrons. The SMILES string of the molecule is NC(NC(=NCc1cccc2oc3ccccc3c12)c1ccccc1)c1c(-c2ccccc2)ccc2oc3cc4ccccc4cc3c12. The summed E-state index contributed by atoms with van der Waals surface area (Å²) in [4.78, 5) is 5.20. The summed E-state index contributed by atoms with van der Waals surface area (Å²) in [6.07, 6.45) is -0.610. The highest BCUT2D eigenvalue weighted by atomic mass is 16.3. The summed E-state index contributed by atoms with van der Waals surface area (Å²) in [7, 11) is 0. The van der Waals surface area contributed by atoms with Crippen LogP contribution < -0.4 is 11.1 Å². The molecule has 0 amide bonds. The summed E-state index contributed by atoms with van der Waals surface area (Å²) < 4.78 is 12.6. The van der Waals surface area contributed by atoms with Crippen molar-refractivity contribution in [2.24, 2.45) is 10.7 Å². The Hall–Kier alpha value is -6.17. The van der Waals surface area contributed by atoms with E-state index in [0.29, 0.717) is 12.4 Å². The lowest BCUT2D eigenvalue weighted by atomic mass is 9.93. The molecule has 2 aromatic heterocycles. The van der Waals surface area contributed by atoms with Crippen LogP contribution in [0.4, 0.5) is 0 Å². The van der Waals surface area contributed by atoms with Crippen molar-refractivity contribution in [1.29, 1.82) is 0 Å². The van der Waals surface area contributed by atoms with Gasteiger partial charge in [0.2, 0.25) is 0 Å². The Balaban J connectivity index is 1.20. The number of hydrogen-bond acceptors (Lipinski definition) is 4. The fourth-order valence-electron chi connectivity index (χ4n) is 6.95. The zero-order chi connectivity index (χ0) is 32.0. The van der Waals surface area contributed by atoms with Crippen LogP contribution in [0, 0.1) is 0 Å². The van der Waals surface area contributed by atoms with Crippen molar-refractivity contribution in [2.75, 3.05) is 0 Å². The van der Waals surface area contributed by atoms with Crippen LogP contribution >= 0.6 is 0 Å². The van der Waals surface area contributed by atoms with Crippen LogP contribution in [0.25, 0.3) is 65.8 Å². The van der Waals surface area contributed by atoms with Gasteiger partial charge < -0.3 is 19.9 Å². The molecule has 48 heavy (non-hydrogen) atoms. The minimum atomic E-state index is -0.610. The molecule has 9 aromatic rings. The number of nitrogens with one attached hydrogen (secondary N) is 1. The fraction of sp³-hybridized carbons (Fsp3) is 0.0465. The van der Waals surface area contributed by atoms with Gasteiger partial charge >= 0.3 is 0 Å². The van der Waals surface area contributed by atoms with Gasteiger partial charge in [-0.15, -0.1) is 0 Å². The number of aliphatic imine (C=N–C) groups is 1. The van der Waals surface area contributed by atoms with Gasteiger partial charge in [-0.2, -0.15) is 0 Å². The number of amidine groups is 1. The Morgan fingerprint density at radius 2 is 1.25 bits per heavy atom. The lowest BCUT2D eigenvalue weighted by Crippen LogP contribution is -2.35. The Kier molecular flexibility index (Phi) is 6.77. The number of hydrogen-bond donors (Lipinski definition) is 2. The number of para-hydroxylation sites is 1. The Labute approximate surface area is 276 Å². The van der Waals surface area contributed by atoms with Gasteiger partial charge in [-0.1, -0.05) is 121 Å². The van der Waals surface area contributed by atoms with Crippen molar-refractivity contribution in [2.45, 2.75) is 12.7 Å². The highest BCUT2D eigenvalue weighted by molar-refractivity contribution is 6.13. The standard InChI is InChI=1S/C43H31N3O2/c44-42(46-43(28-14-5-2-6-15-28)45-26-31-18-11-21-36-39(31)33-19-9-10-20-35(33)47-36)41-32(27-12-3-1-4-13-27)22-23-37-40(41)34-24-29-16-7-8-17-30(29)25-38(34)48-37/h1-25,42H,26,44H2,(H,45,46). The average molecular weight is 622 g/mol. The summed E-state index contributed by atoms with van der Waals surface area (Å²) in [6, 6.07) is 51.7. The number of nitrogens with two attached hydrogens (primary N) is 1. The summed E-state index contributed by atoms with van der Waals surface area (Å²) >= 11 is 0. The number of fused-ring (bicyclic) bond motifs is 7. The first-order valence-corrected chi connectivity index (χ1v) is 16.2. The lowest BCUT2D eigenvalue weighted by Gasteiger charge is -2.22. The third kappa shape index (κ3) is 4.80. The van der Waals surface area contributed by atoms with Crippen LogP contribution in [0.15, 0.2) is 165 Å². The minimum Gasteiger partial charge on any atom is -0.456 e. The van der Waals surface area contributed by atoms with Crippen LogP contribution in [0.5, 0.6) is 0 Å². The molecular weight excluding hydrogens is 590 g/mol. The van der Waals surface area contributed by atoms with E-state index in [4.69, 9.17) is 19.6 Å². The van der Waals surface area contributed by atoms with Crippen LogP contribution in [0.1, 0.15) is 22.9 Å². The molecule has 0 bridgehead atoms. The molecule has 0 aliphatic heterocycles. The van der Waals surface area contributed by atoms with Crippen molar-refractivity contribution >= 4 is 60.5 Å². The molecule has 5 heteroatoms.